The van der Waals surface area contributed by atoms with Crippen LogP contribution in [0.3, 0.4) is 0 Å². The van der Waals surface area contributed by atoms with E-state index in [0.29, 0.717) is 5.02 Å². The molecule has 4 heteroatoms. The first-order chi connectivity index (χ1) is 8.58. The molecule has 0 aliphatic heterocycles. The van der Waals surface area contributed by atoms with Crippen LogP contribution in [0.2, 0.25) is 10.0 Å². The van der Waals surface area contributed by atoms with Crippen LogP contribution in [-0.4, -0.2) is 0 Å². The lowest BCUT2D eigenvalue weighted by Crippen LogP contribution is -1.91. The predicted octanol–water partition coefficient (Wildman–Crippen LogP) is 5.18. The van der Waals surface area contributed by atoms with Crippen molar-refractivity contribution in [2.45, 2.75) is 17.6 Å². The van der Waals surface area contributed by atoms with E-state index in [9.17, 15) is 0 Å². The standard InChI is InChI=1S/C14H13Cl2NS/c1-9-13(17)3-2-4-14(9)18-8-10-7-11(15)5-6-12(10)16/h2-7H,8,17H2,1H3. The number of hydrogen-bond donors (Lipinski definition) is 1. The Morgan fingerprint density at radius 3 is 2.72 bits per heavy atom. The number of hydrogen-bond acceptors (Lipinski definition) is 2. The summed E-state index contributed by atoms with van der Waals surface area (Å²) in [6, 6.07) is 11.5. The van der Waals surface area contributed by atoms with Gasteiger partial charge in [0.1, 0.15) is 0 Å². The summed E-state index contributed by atoms with van der Waals surface area (Å²) in [5.41, 5.74) is 8.85. The van der Waals surface area contributed by atoms with Gasteiger partial charge in [-0.15, -0.1) is 11.8 Å². The molecular weight excluding hydrogens is 285 g/mol. The van der Waals surface area contributed by atoms with Crippen LogP contribution in [0.1, 0.15) is 11.1 Å². The molecule has 0 fully saturated rings. The SMILES string of the molecule is Cc1c(N)cccc1SCc1cc(Cl)ccc1Cl. The highest BCUT2D eigenvalue weighted by atomic mass is 35.5. The summed E-state index contributed by atoms with van der Waals surface area (Å²) in [7, 11) is 0. The van der Waals surface area contributed by atoms with Gasteiger partial charge in [0.25, 0.3) is 0 Å². The molecule has 0 unspecified atom stereocenters. The second-order valence-corrected chi connectivity index (χ2v) is 5.86. The minimum absolute atomic E-state index is 0.708. The van der Waals surface area contributed by atoms with Crippen molar-refractivity contribution < 1.29 is 0 Å². The molecule has 0 saturated heterocycles. The molecule has 0 aromatic heterocycles. The van der Waals surface area contributed by atoms with Gasteiger partial charge in [-0.2, -0.15) is 0 Å². The second kappa shape index (κ2) is 5.87. The number of nitrogen functional groups attached to an aromatic ring is 1. The molecule has 0 saturated carbocycles. The molecule has 18 heavy (non-hydrogen) atoms. The lowest BCUT2D eigenvalue weighted by Gasteiger charge is -2.09. The van der Waals surface area contributed by atoms with Crippen LogP contribution >= 0.6 is 35.0 Å². The van der Waals surface area contributed by atoms with Gasteiger partial charge in [-0.25, -0.2) is 0 Å². The Labute approximate surface area is 121 Å². The lowest BCUT2D eigenvalue weighted by atomic mass is 10.2. The second-order valence-electron chi connectivity index (χ2n) is 3.99. The number of nitrogens with two attached hydrogens (primary N) is 1. The van der Waals surface area contributed by atoms with Gasteiger partial charge in [0.05, 0.1) is 0 Å². The Morgan fingerprint density at radius 2 is 1.94 bits per heavy atom. The highest BCUT2D eigenvalue weighted by molar-refractivity contribution is 7.98. The molecule has 0 bridgehead atoms. The molecule has 1 nitrogen and oxygen atoms in total. The molecule has 0 radical (unpaired) electrons. The van der Waals surface area contributed by atoms with Gasteiger partial charge in [-0.05, 0) is 48.4 Å². The third-order valence-electron chi connectivity index (χ3n) is 2.72. The maximum atomic E-state index is 6.14. The minimum Gasteiger partial charge on any atom is -0.398 e. The smallest absolute Gasteiger partial charge is 0.0447 e. The van der Waals surface area contributed by atoms with Crippen molar-refractivity contribution in [3.63, 3.8) is 0 Å². The van der Waals surface area contributed by atoms with Crippen LogP contribution in [0.4, 0.5) is 5.69 Å². The lowest BCUT2D eigenvalue weighted by molar-refractivity contribution is 1.29. The monoisotopic (exact) mass is 297 g/mol. The summed E-state index contributed by atoms with van der Waals surface area (Å²) in [6.07, 6.45) is 0. The van der Waals surface area contributed by atoms with Crippen LogP contribution in [0.5, 0.6) is 0 Å². The molecule has 2 rings (SSSR count). The number of benzene rings is 2. The van der Waals surface area contributed by atoms with Crippen molar-refractivity contribution in [1.82, 2.24) is 0 Å². The molecule has 0 aliphatic carbocycles. The zero-order valence-electron chi connectivity index (χ0n) is 9.91. The zero-order valence-corrected chi connectivity index (χ0v) is 12.2. The molecule has 0 atom stereocenters. The maximum Gasteiger partial charge on any atom is 0.0447 e. The van der Waals surface area contributed by atoms with Gasteiger partial charge in [0.15, 0.2) is 0 Å². The quantitative estimate of drug-likeness (QED) is 0.624. The molecule has 0 amide bonds. The van der Waals surface area contributed by atoms with Gasteiger partial charge in [-0.1, -0.05) is 29.3 Å². The van der Waals surface area contributed by atoms with Crippen molar-refractivity contribution in [3.8, 4) is 0 Å². The fourth-order valence-corrected chi connectivity index (χ4v) is 3.11. The van der Waals surface area contributed by atoms with Crippen molar-refractivity contribution in [1.29, 1.82) is 0 Å². The zero-order chi connectivity index (χ0) is 13.1. The first-order valence-corrected chi connectivity index (χ1v) is 7.24. The van der Waals surface area contributed by atoms with E-state index in [2.05, 4.69) is 6.07 Å². The first kappa shape index (κ1) is 13.6. The minimum atomic E-state index is 0.708. The van der Waals surface area contributed by atoms with E-state index in [1.54, 1.807) is 17.8 Å². The third kappa shape index (κ3) is 3.14. The number of thioether (sulfide) groups is 1. The summed E-state index contributed by atoms with van der Waals surface area (Å²) >= 11 is 13.8. The molecule has 0 aliphatic rings. The van der Waals surface area contributed by atoms with E-state index in [0.717, 1.165) is 27.6 Å². The molecule has 0 spiro atoms. The Hall–Kier alpha value is -0.830. The summed E-state index contributed by atoms with van der Waals surface area (Å²) in [5, 5.41) is 1.45. The maximum absolute atomic E-state index is 6.14. The van der Waals surface area contributed by atoms with Crippen LogP contribution in [0.25, 0.3) is 0 Å². The van der Waals surface area contributed by atoms with Crippen molar-refractivity contribution >= 4 is 40.7 Å². The summed E-state index contributed by atoms with van der Waals surface area (Å²) < 4.78 is 0. The van der Waals surface area contributed by atoms with Gasteiger partial charge in [-0.3, -0.25) is 0 Å². The van der Waals surface area contributed by atoms with Crippen LogP contribution < -0.4 is 5.73 Å². The Kier molecular flexibility index (Phi) is 4.44. The summed E-state index contributed by atoms with van der Waals surface area (Å²) in [4.78, 5) is 1.17. The fourth-order valence-electron chi connectivity index (χ4n) is 1.60. The average Bonchev–Trinajstić information content (AvgIpc) is 2.35. The number of halogens is 2. The predicted molar refractivity (Wildman–Crippen MR) is 81.6 cm³/mol. The molecule has 94 valence electrons. The van der Waals surface area contributed by atoms with Crippen LogP contribution in [0, 0.1) is 6.92 Å². The van der Waals surface area contributed by atoms with E-state index >= 15 is 0 Å². The number of anilines is 1. The van der Waals surface area contributed by atoms with E-state index in [-0.39, 0.29) is 0 Å². The number of rotatable bonds is 3. The van der Waals surface area contributed by atoms with E-state index in [4.69, 9.17) is 28.9 Å². The Bertz CT molecular complexity index is 568. The van der Waals surface area contributed by atoms with Gasteiger partial charge in [0.2, 0.25) is 0 Å². The van der Waals surface area contributed by atoms with Crippen LogP contribution in [-0.2, 0) is 5.75 Å². The van der Waals surface area contributed by atoms with E-state index in [1.165, 1.54) is 4.90 Å². The van der Waals surface area contributed by atoms with Gasteiger partial charge in [0, 0.05) is 26.4 Å². The molecule has 2 aromatic rings. The van der Waals surface area contributed by atoms with E-state index < -0.39 is 0 Å². The normalized spacial score (nSPS) is 10.6. The van der Waals surface area contributed by atoms with Crippen molar-refractivity contribution in [2.75, 3.05) is 5.73 Å². The first-order valence-electron chi connectivity index (χ1n) is 5.50. The molecular formula is C14H13Cl2NS. The molecule has 2 N–H and O–H groups in total. The topological polar surface area (TPSA) is 26.0 Å². The van der Waals surface area contributed by atoms with Gasteiger partial charge < -0.3 is 5.73 Å². The van der Waals surface area contributed by atoms with Crippen molar-refractivity contribution in [2.24, 2.45) is 0 Å². The van der Waals surface area contributed by atoms with Crippen molar-refractivity contribution in [3.05, 3.63) is 57.6 Å². The molecule has 2 aromatic carbocycles. The van der Waals surface area contributed by atoms with Gasteiger partial charge >= 0.3 is 0 Å². The largest absolute Gasteiger partial charge is 0.398 e. The summed E-state index contributed by atoms with van der Waals surface area (Å²) in [6.45, 7) is 2.03. The highest BCUT2D eigenvalue weighted by Crippen LogP contribution is 2.31. The third-order valence-corrected chi connectivity index (χ3v) is 4.53. The molecule has 0 heterocycles. The van der Waals surface area contributed by atoms with Crippen LogP contribution in [0.15, 0.2) is 41.3 Å². The fraction of sp³-hybridized carbons (Fsp3) is 0.143. The Morgan fingerprint density at radius 1 is 1.17 bits per heavy atom. The van der Waals surface area contributed by atoms with E-state index in [1.807, 2.05) is 31.2 Å². The summed E-state index contributed by atoms with van der Waals surface area (Å²) in [5.74, 6) is 0.781. The Balaban J connectivity index is 2.16. The average molecular weight is 298 g/mol. The highest BCUT2D eigenvalue weighted by Gasteiger charge is 2.05.